The van der Waals surface area contributed by atoms with Gasteiger partial charge in [0.05, 0.1) is 0 Å². The standard InChI is InChI=1S/C9H15NO3/c11-8(6-9(12)13)5-7-3-1-2-4-10-7/h7,10H,1-6H2,(H,12,13)/t7-/m0/s1. The molecule has 1 atom stereocenters. The summed E-state index contributed by atoms with van der Waals surface area (Å²) in [7, 11) is 0. The zero-order valence-electron chi connectivity index (χ0n) is 7.58. The number of hydrogen-bond acceptors (Lipinski definition) is 3. The van der Waals surface area contributed by atoms with Crippen molar-refractivity contribution in [3.8, 4) is 0 Å². The monoisotopic (exact) mass is 185 g/mol. The van der Waals surface area contributed by atoms with Crippen molar-refractivity contribution in [1.29, 1.82) is 0 Å². The molecule has 0 amide bonds. The number of Topliss-reactive ketones (excluding diaryl/α,β-unsaturated/α-hetero) is 1. The van der Waals surface area contributed by atoms with E-state index in [0.717, 1.165) is 25.8 Å². The van der Waals surface area contributed by atoms with Crippen LogP contribution in [0.1, 0.15) is 32.1 Å². The van der Waals surface area contributed by atoms with Crippen molar-refractivity contribution in [2.24, 2.45) is 0 Å². The first-order valence-corrected chi connectivity index (χ1v) is 4.65. The van der Waals surface area contributed by atoms with Crippen molar-refractivity contribution in [2.45, 2.75) is 38.1 Å². The number of carboxylic acids is 1. The van der Waals surface area contributed by atoms with Gasteiger partial charge in [-0.3, -0.25) is 9.59 Å². The minimum absolute atomic E-state index is 0.174. The number of hydrogen-bond donors (Lipinski definition) is 2. The molecule has 0 unspecified atom stereocenters. The van der Waals surface area contributed by atoms with Gasteiger partial charge in [0.2, 0.25) is 0 Å². The summed E-state index contributed by atoms with van der Waals surface area (Å²) in [5, 5.41) is 11.6. The number of ketones is 1. The molecule has 1 aliphatic rings. The van der Waals surface area contributed by atoms with Gasteiger partial charge in [-0.15, -0.1) is 0 Å². The summed E-state index contributed by atoms with van der Waals surface area (Å²) in [6, 6.07) is 0.209. The lowest BCUT2D eigenvalue weighted by molar-refractivity contribution is -0.140. The lowest BCUT2D eigenvalue weighted by atomic mass is 9.99. The summed E-state index contributed by atoms with van der Waals surface area (Å²) in [6.07, 6.45) is 3.32. The fourth-order valence-corrected chi connectivity index (χ4v) is 1.61. The summed E-state index contributed by atoms with van der Waals surface area (Å²) in [5.41, 5.74) is 0. The van der Waals surface area contributed by atoms with E-state index in [4.69, 9.17) is 5.11 Å². The minimum atomic E-state index is -1.03. The van der Waals surface area contributed by atoms with Crippen molar-refractivity contribution in [2.75, 3.05) is 6.54 Å². The third-order valence-corrected chi connectivity index (χ3v) is 2.23. The van der Waals surface area contributed by atoms with Crippen LogP contribution in [0.2, 0.25) is 0 Å². The third-order valence-electron chi connectivity index (χ3n) is 2.23. The minimum Gasteiger partial charge on any atom is -0.481 e. The molecule has 1 fully saturated rings. The number of carbonyl (C=O) groups excluding carboxylic acids is 1. The first-order chi connectivity index (χ1) is 6.18. The molecule has 0 spiro atoms. The summed E-state index contributed by atoms with van der Waals surface area (Å²) in [4.78, 5) is 21.3. The van der Waals surface area contributed by atoms with Gasteiger partial charge in [0.1, 0.15) is 12.2 Å². The van der Waals surface area contributed by atoms with Crippen molar-refractivity contribution in [3.63, 3.8) is 0 Å². The van der Waals surface area contributed by atoms with Crippen LogP contribution in [0, 0.1) is 0 Å². The highest BCUT2D eigenvalue weighted by Crippen LogP contribution is 2.10. The van der Waals surface area contributed by atoms with Crippen molar-refractivity contribution in [3.05, 3.63) is 0 Å². The predicted molar refractivity (Wildman–Crippen MR) is 47.5 cm³/mol. The fourth-order valence-electron chi connectivity index (χ4n) is 1.61. The molecule has 1 saturated heterocycles. The third kappa shape index (κ3) is 4.03. The average Bonchev–Trinajstić information content (AvgIpc) is 2.04. The van der Waals surface area contributed by atoms with Gasteiger partial charge in [-0.2, -0.15) is 0 Å². The molecule has 74 valence electrons. The Labute approximate surface area is 77.3 Å². The Balaban J connectivity index is 2.22. The molecule has 4 heteroatoms. The fraction of sp³-hybridized carbons (Fsp3) is 0.778. The second-order valence-corrected chi connectivity index (χ2v) is 3.46. The Morgan fingerprint density at radius 3 is 2.69 bits per heavy atom. The maximum Gasteiger partial charge on any atom is 0.310 e. The highest BCUT2D eigenvalue weighted by atomic mass is 16.4. The molecule has 1 aliphatic heterocycles. The van der Waals surface area contributed by atoms with Crippen molar-refractivity contribution in [1.82, 2.24) is 5.32 Å². The van der Waals surface area contributed by atoms with Gasteiger partial charge in [0, 0.05) is 12.5 Å². The first kappa shape index (κ1) is 10.2. The number of carboxylic acid groups (broad SMARTS) is 1. The Morgan fingerprint density at radius 1 is 1.38 bits per heavy atom. The Hall–Kier alpha value is -0.900. The molecular weight excluding hydrogens is 170 g/mol. The Morgan fingerprint density at radius 2 is 2.15 bits per heavy atom. The van der Waals surface area contributed by atoms with Crippen LogP contribution < -0.4 is 5.32 Å². The molecule has 0 aromatic rings. The number of carbonyl (C=O) groups is 2. The molecule has 0 bridgehead atoms. The van der Waals surface area contributed by atoms with Gasteiger partial charge < -0.3 is 10.4 Å². The molecule has 0 saturated carbocycles. The van der Waals surface area contributed by atoms with Crippen LogP contribution in [-0.4, -0.2) is 29.4 Å². The van der Waals surface area contributed by atoms with Crippen LogP contribution >= 0.6 is 0 Å². The average molecular weight is 185 g/mol. The van der Waals surface area contributed by atoms with E-state index in [1.807, 2.05) is 0 Å². The molecule has 1 rings (SSSR count). The largest absolute Gasteiger partial charge is 0.481 e. The molecule has 4 nitrogen and oxygen atoms in total. The van der Waals surface area contributed by atoms with Crippen LogP contribution in [0.4, 0.5) is 0 Å². The van der Waals surface area contributed by atoms with Gasteiger partial charge in [0.25, 0.3) is 0 Å². The number of rotatable bonds is 4. The lowest BCUT2D eigenvalue weighted by Crippen LogP contribution is -2.35. The molecule has 13 heavy (non-hydrogen) atoms. The second-order valence-electron chi connectivity index (χ2n) is 3.46. The molecule has 1 heterocycles. The topological polar surface area (TPSA) is 66.4 Å². The zero-order chi connectivity index (χ0) is 9.68. The zero-order valence-corrected chi connectivity index (χ0v) is 7.58. The van der Waals surface area contributed by atoms with E-state index in [1.165, 1.54) is 0 Å². The maximum atomic E-state index is 11.1. The molecular formula is C9H15NO3. The summed E-state index contributed by atoms with van der Waals surface area (Å²) in [6.45, 7) is 0.949. The molecule has 0 aromatic carbocycles. The first-order valence-electron chi connectivity index (χ1n) is 4.65. The maximum absolute atomic E-state index is 11.1. The normalized spacial score (nSPS) is 22.6. The number of piperidine rings is 1. The number of nitrogens with one attached hydrogen (secondary N) is 1. The summed E-state index contributed by atoms with van der Waals surface area (Å²) >= 11 is 0. The van der Waals surface area contributed by atoms with E-state index in [0.29, 0.717) is 6.42 Å². The Kier molecular flexibility index (Phi) is 3.89. The molecule has 0 aliphatic carbocycles. The summed E-state index contributed by atoms with van der Waals surface area (Å²) < 4.78 is 0. The Bertz CT molecular complexity index is 197. The van der Waals surface area contributed by atoms with E-state index in [9.17, 15) is 9.59 Å². The van der Waals surface area contributed by atoms with Crippen LogP contribution in [0.15, 0.2) is 0 Å². The van der Waals surface area contributed by atoms with Crippen LogP contribution in [-0.2, 0) is 9.59 Å². The molecule has 0 aromatic heterocycles. The smallest absolute Gasteiger partial charge is 0.310 e. The van der Waals surface area contributed by atoms with E-state index in [1.54, 1.807) is 0 Å². The van der Waals surface area contributed by atoms with Gasteiger partial charge >= 0.3 is 5.97 Å². The lowest BCUT2D eigenvalue weighted by Gasteiger charge is -2.22. The van der Waals surface area contributed by atoms with Gasteiger partial charge in [-0.25, -0.2) is 0 Å². The van der Waals surface area contributed by atoms with Gasteiger partial charge in [0.15, 0.2) is 0 Å². The van der Waals surface area contributed by atoms with Crippen molar-refractivity contribution >= 4 is 11.8 Å². The van der Waals surface area contributed by atoms with Crippen LogP contribution in [0.25, 0.3) is 0 Å². The highest BCUT2D eigenvalue weighted by Gasteiger charge is 2.17. The van der Waals surface area contributed by atoms with E-state index in [-0.39, 0.29) is 18.2 Å². The van der Waals surface area contributed by atoms with Crippen molar-refractivity contribution < 1.29 is 14.7 Å². The van der Waals surface area contributed by atoms with Gasteiger partial charge in [-0.1, -0.05) is 6.42 Å². The highest BCUT2D eigenvalue weighted by molar-refractivity contribution is 5.94. The predicted octanol–water partition coefficient (Wildman–Crippen LogP) is 0.562. The van der Waals surface area contributed by atoms with E-state index < -0.39 is 5.97 Å². The van der Waals surface area contributed by atoms with Crippen LogP contribution in [0.5, 0.6) is 0 Å². The van der Waals surface area contributed by atoms with Crippen LogP contribution in [0.3, 0.4) is 0 Å². The molecule has 0 radical (unpaired) electrons. The SMILES string of the molecule is O=C(O)CC(=O)C[C@@H]1CCCCN1. The second kappa shape index (κ2) is 4.97. The van der Waals surface area contributed by atoms with E-state index in [2.05, 4.69) is 5.32 Å². The quantitative estimate of drug-likeness (QED) is 0.628. The van der Waals surface area contributed by atoms with E-state index >= 15 is 0 Å². The van der Waals surface area contributed by atoms with Gasteiger partial charge in [-0.05, 0) is 19.4 Å². The number of aliphatic carboxylic acids is 1. The molecule has 2 N–H and O–H groups in total. The summed E-state index contributed by atoms with van der Waals surface area (Å²) in [5.74, 6) is -1.20.